The van der Waals surface area contributed by atoms with Crippen LogP contribution < -0.4 is 15.1 Å². The smallest absolute Gasteiger partial charge is 0.277 e. The predicted octanol–water partition coefficient (Wildman–Crippen LogP) is 3.67. The number of thiazole rings is 1. The normalized spacial score (nSPS) is 11.0. The fourth-order valence-corrected chi connectivity index (χ4v) is 3.50. The van der Waals surface area contributed by atoms with E-state index in [0.717, 1.165) is 33.9 Å². The molecule has 140 valence electrons. The third-order valence-corrected chi connectivity index (χ3v) is 5.01. The van der Waals surface area contributed by atoms with E-state index in [0.29, 0.717) is 5.75 Å². The van der Waals surface area contributed by atoms with Gasteiger partial charge < -0.3 is 9.64 Å². The molecule has 3 rings (SSSR count). The maximum atomic E-state index is 11.9. The summed E-state index contributed by atoms with van der Waals surface area (Å²) in [5, 5.41) is 7.13. The number of ether oxygens (including phenoxy) is 1. The molecule has 0 bridgehead atoms. The molecule has 0 aliphatic heterocycles. The summed E-state index contributed by atoms with van der Waals surface area (Å²) in [5.74, 6) is 0.340. The van der Waals surface area contributed by atoms with Crippen molar-refractivity contribution in [1.82, 2.24) is 10.4 Å². The largest absolute Gasteiger partial charge is 0.484 e. The maximum Gasteiger partial charge on any atom is 0.277 e. The predicted molar refractivity (Wildman–Crippen MR) is 111 cm³/mol. The molecule has 1 aromatic heterocycles. The van der Waals surface area contributed by atoms with Gasteiger partial charge in [-0.25, -0.2) is 10.4 Å². The number of fused-ring (bicyclic) bond motifs is 1. The topological polar surface area (TPSA) is 66.8 Å². The molecule has 27 heavy (non-hydrogen) atoms. The van der Waals surface area contributed by atoms with Crippen molar-refractivity contribution in [2.24, 2.45) is 5.10 Å². The Kier molecular flexibility index (Phi) is 6.38. The van der Waals surface area contributed by atoms with Crippen LogP contribution in [0.4, 0.5) is 5.13 Å². The lowest BCUT2D eigenvalue weighted by Gasteiger charge is -2.16. The highest BCUT2D eigenvalue weighted by Gasteiger charge is 2.07. The molecule has 6 nitrogen and oxygen atoms in total. The van der Waals surface area contributed by atoms with E-state index in [2.05, 4.69) is 34.3 Å². The highest BCUT2D eigenvalue weighted by atomic mass is 32.1. The van der Waals surface area contributed by atoms with Crippen LogP contribution in [0.25, 0.3) is 10.8 Å². The van der Waals surface area contributed by atoms with Crippen LogP contribution in [0, 0.1) is 0 Å². The van der Waals surface area contributed by atoms with Gasteiger partial charge >= 0.3 is 0 Å². The van der Waals surface area contributed by atoms with Crippen LogP contribution in [0.2, 0.25) is 0 Å². The Balaban J connectivity index is 1.49. The summed E-state index contributed by atoms with van der Waals surface area (Å²) in [6.45, 7) is 5.90. The first kappa shape index (κ1) is 18.8. The molecular formula is C20H22N4O2S. The van der Waals surface area contributed by atoms with Gasteiger partial charge in [0.25, 0.3) is 5.91 Å². The van der Waals surface area contributed by atoms with E-state index in [4.69, 9.17) is 4.74 Å². The SMILES string of the molecule is CCN(CC)c1ncc(C=NNC(=O)COc2ccc3ccccc3c2)s1. The first-order valence-electron chi connectivity index (χ1n) is 8.84. The number of hydrogen-bond acceptors (Lipinski definition) is 6. The Bertz CT molecular complexity index is 934. The van der Waals surface area contributed by atoms with Gasteiger partial charge in [-0.15, -0.1) is 0 Å². The summed E-state index contributed by atoms with van der Waals surface area (Å²) < 4.78 is 5.54. The number of benzene rings is 2. The Hall–Kier alpha value is -2.93. The third-order valence-electron chi connectivity index (χ3n) is 4.02. The number of rotatable bonds is 8. The van der Waals surface area contributed by atoms with Gasteiger partial charge in [-0.1, -0.05) is 41.7 Å². The fraction of sp³-hybridized carbons (Fsp3) is 0.250. The Morgan fingerprint density at radius 2 is 2.00 bits per heavy atom. The molecule has 1 amide bonds. The zero-order valence-corrected chi connectivity index (χ0v) is 16.2. The molecule has 0 atom stereocenters. The molecule has 0 spiro atoms. The summed E-state index contributed by atoms with van der Waals surface area (Å²) in [4.78, 5) is 19.3. The second-order valence-corrected chi connectivity index (χ2v) is 6.85. The maximum absolute atomic E-state index is 11.9. The van der Waals surface area contributed by atoms with E-state index in [-0.39, 0.29) is 12.5 Å². The van der Waals surface area contributed by atoms with Gasteiger partial charge in [0.15, 0.2) is 11.7 Å². The molecule has 0 aliphatic rings. The van der Waals surface area contributed by atoms with Crippen LogP contribution in [0.5, 0.6) is 5.75 Å². The molecule has 0 aliphatic carbocycles. The van der Waals surface area contributed by atoms with Crippen LogP contribution in [-0.2, 0) is 4.79 Å². The van der Waals surface area contributed by atoms with Crippen LogP contribution in [0.3, 0.4) is 0 Å². The quantitative estimate of drug-likeness (QED) is 0.477. The van der Waals surface area contributed by atoms with E-state index < -0.39 is 0 Å². The molecule has 0 saturated heterocycles. The Morgan fingerprint density at radius 3 is 2.78 bits per heavy atom. The number of amides is 1. The van der Waals surface area contributed by atoms with Crippen molar-refractivity contribution in [3.63, 3.8) is 0 Å². The van der Waals surface area contributed by atoms with Crippen LogP contribution >= 0.6 is 11.3 Å². The average molecular weight is 382 g/mol. The van der Waals surface area contributed by atoms with Crippen molar-refractivity contribution in [3.8, 4) is 5.75 Å². The summed E-state index contributed by atoms with van der Waals surface area (Å²) in [7, 11) is 0. The van der Waals surface area contributed by atoms with E-state index in [9.17, 15) is 4.79 Å². The van der Waals surface area contributed by atoms with Gasteiger partial charge in [0.05, 0.1) is 11.1 Å². The Labute approximate surface area is 162 Å². The number of hydrogen-bond donors (Lipinski definition) is 1. The summed E-state index contributed by atoms with van der Waals surface area (Å²) in [5.41, 5.74) is 2.48. The van der Waals surface area contributed by atoms with E-state index >= 15 is 0 Å². The first-order valence-corrected chi connectivity index (χ1v) is 9.65. The molecule has 1 heterocycles. The van der Waals surface area contributed by atoms with Crippen LogP contribution in [0.1, 0.15) is 18.7 Å². The molecule has 1 N–H and O–H groups in total. The molecule has 2 aromatic carbocycles. The second kappa shape index (κ2) is 9.14. The minimum atomic E-state index is -0.312. The Morgan fingerprint density at radius 1 is 1.22 bits per heavy atom. The number of nitrogens with one attached hydrogen (secondary N) is 1. The second-order valence-electron chi connectivity index (χ2n) is 5.81. The van der Waals surface area contributed by atoms with Crippen molar-refractivity contribution in [2.75, 3.05) is 24.6 Å². The molecule has 3 aromatic rings. The molecular weight excluding hydrogens is 360 g/mol. The first-order chi connectivity index (χ1) is 13.2. The van der Waals surface area contributed by atoms with Crippen molar-refractivity contribution < 1.29 is 9.53 Å². The van der Waals surface area contributed by atoms with E-state index in [1.807, 2.05) is 42.5 Å². The lowest BCUT2D eigenvalue weighted by molar-refractivity contribution is -0.123. The van der Waals surface area contributed by atoms with Crippen LogP contribution in [-0.4, -0.2) is 36.8 Å². The van der Waals surface area contributed by atoms with E-state index in [1.165, 1.54) is 11.3 Å². The third kappa shape index (κ3) is 5.04. The molecule has 0 saturated carbocycles. The van der Waals surface area contributed by atoms with E-state index in [1.54, 1.807) is 12.4 Å². The molecule has 0 fully saturated rings. The minimum absolute atomic E-state index is 0.0942. The number of hydrazone groups is 1. The van der Waals surface area contributed by atoms with Crippen molar-refractivity contribution in [1.29, 1.82) is 0 Å². The summed E-state index contributed by atoms with van der Waals surface area (Å²) in [6.07, 6.45) is 3.35. The van der Waals surface area contributed by atoms with Gasteiger partial charge in [-0.2, -0.15) is 5.10 Å². The van der Waals surface area contributed by atoms with Gasteiger partial charge in [-0.3, -0.25) is 4.79 Å². The van der Waals surface area contributed by atoms with Crippen molar-refractivity contribution in [2.45, 2.75) is 13.8 Å². The van der Waals surface area contributed by atoms with Gasteiger partial charge in [-0.05, 0) is 36.8 Å². The van der Waals surface area contributed by atoms with Crippen molar-refractivity contribution >= 4 is 39.4 Å². The summed E-state index contributed by atoms with van der Waals surface area (Å²) >= 11 is 1.54. The summed E-state index contributed by atoms with van der Waals surface area (Å²) in [6, 6.07) is 13.7. The lowest BCUT2D eigenvalue weighted by Crippen LogP contribution is -2.24. The molecule has 0 radical (unpaired) electrons. The van der Waals surface area contributed by atoms with Gasteiger partial charge in [0.2, 0.25) is 0 Å². The lowest BCUT2D eigenvalue weighted by atomic mass is 10.1. The monoisotopic (exact) mass is 382 g/mol. The zero-order chi connectivity index (χ0) is 19.1. The van der Waals surface area contributed by atoms with Gasteiger partial charge in [0.1, 0.15) is 5.75 Å². The van der Waals surface area contributed by atoms with Crippen LogP contribution in [0.15, 0.2) is 53.8 Å². The standard InChI is InChI=1S/C20H22N4O2S/c1-3-24(4-2)20-21-12-18(27-20)13-22-23-19(25)14-26-17-10-9-15-7-5-6-8-16(15)11-17/h5-13H,3-4,14H2,1-2H3,(H,23,25). The minimum Gasteiger partial charge on any atom is -0.484 e. The number of nitrogens with zero attached hydrogens (tertiary/aromatic N) is 3. The zero-order valence-electron chi connectivity index (χ0n) is 15.4. The highest BCUT2D eigenvalue weighted by Crippen LogP contribution is 2.21. The number of carbonyl (C=O) groups is 1. The van der Waals surface area contributed by atoms with Crippen molar-refractivity contribution in [3.05, 3.63) is 53.5 Å². The highest BCUT2D eigenvalue weighted by molar-refractivity contribution is 7.17. The average Bonchev–Trinajstić information content (AvgIpc) is 3.16. The molecule has 7 heteroatoms. The fourth-order valence-electron chi connectivity index (χ4n) is 2.58. The van der Waals surface area contributed by atoms with Gasteiger partial charge in [0, 0.05) is 19.3 Å². The number of aromatic nitrogens is 1. The molecule has 0 unspecified atom stereocenters. The number of carbonyl (C=O) groups excluding carboxylic acids is 1. The number of anilines is 1.